The number of likely N-dealkylation sites (tertiary alicyclic amines) is 1. The van der Waals surface area contributed by atoms with Gasteiger partial charge in [0.05, 0.1) is 6.10 Å². The molecular formula is C18H21ClN4O3. The number of urea groups is 1. The standard InChI is InChI=1S/C18H21ClN4O3/c19-13-5-1-4-12(10-13)16-21-17(26-22-16)15-7-2-8-23(15)18(24)20-11-14-6-3-9-25-14/h1,4-5,10,14-15H,2-3,6-9,11H2,(H,20,24). The van der Waals surface area contributed by atoms with Gasteiger partial charge in [-0.25, -0.2) is 4.79 Å². The van der Waals surface area contributed by atoms with E-state index in [1.807, 2.05) is 12.1 Å². The number of nitrogens with one attached hydrogen (secondary N) is 1. The Labute approximate surface area is 156 Å². The number of halogens is 1. The predicted octanol–water partition coefficient (Wildman–Crippen LogP) is 3.42. The van der Waals surface area contributed by atoms with Crippen LogP contribution >= 0.6 is 11.6 Å². The van der Waals surface area contributed by atoms with Crippen LogP contribution in [0.25, 0.3) is 11.4 Å². The number of hydrogen-bond donors (Lipinski definition) is 1. The minimum atomic E-state index is -0.195. The van der Waals surface area contributed by atoms with Gasteiger partial charge in [-0.2, -0.15) is 4.98 Å². The molecule has 8 heteroatoms. The van der Waals surface area contributed by atoms with Crippen molar-refractivity contribution in [3.8, 4) is 11.4 Å². The van der Waals surface area contributed by atoms with Gasteiger partial charge in [0.1, 0.15) is 6.04 Å². The van der Waals surface area contributed by atoms with Crippen molar-refractivity contribution in [3.63, 3.8) is 0 Å². The van der Waals surface area contributed by atoms with E-state index in [1.165, 1.54) is 0 Å². The van der Waals surface area contributed by atoms with Gasteiger partial charge in [-0.15, -0.1) is 0 Å². The molecule has 1 aromatic heterocycles. The lowest BCUT2D eigenvalue weighted by Gasteiger charge is -2.23. The fourth-order valence-electron chi connectivity index (χ4n) is 3.49. The maximum absolute atomic E-state index is 12.6. The van der Waals surface area contributed by atoms with Crippen LogP contribution in [0.2, 0.25) is 5.02 Å². The first kappa shape index (κ1) is 17.3. The SMILES string of the molecule is O=C(NCC1CCCO1)N1CCCC1c1nc(-c2cccc(Cl)c2)no1. The van der Waals surface area contributed by atoms with E-state index in [-0.39, 0.29) is 18.2 Å². The topological polar surface area (TPSA) is 80.5 Å². The monoisotopic (exact) mass is 376 g/mol. The zero-order chi connectivity index (χ0) is 17.9. The Bertz CT molecular complexity index is 775. The molecule has 2 amide bonds. The predicted molar refractivity (Wildman–Crippen MR) is 95.8 cm³/mol. The zero-order valence-electron chi connectivity index (χ0n) is 14.4. The summed E-state index contributed by atoms with van der Waals surface area (Å²) in [5.41, 5.74) is 0.792. The van der Waals surface area contributed by atoms with Crippen molar-refractivity contribution in [2.75, 3.05) is 19.7 Å². The summed E-state index contributed by atoms with van der Waals surface area (Å²) in [7, 11) is 0. The highest BCUT2D eigenvalue weighted by atomic mass is 35.5. The number of carbonyl (C=O) groups is 1. The van der Waals surface area contributed by atoms with Gasteiger partial charge in [-0.1, -0.05) is 28.9 Å². The summed E-state index contributed by atoms with van der Waals surface area (Å²) in [5.74, 6) is 0.943. The lowest BCUT2D eigenvalue weighted by molar-refractivity contribution is 0.108. The Kier molecular flexibility index (Phi) is 5.08. The molecule has 4 rings (SSSR count). The van der Waals surface area contributed by atoms with E-state index in [0.29, 0.717) is 29.8 Å². The number of nitrogens with zero attached hydrogens (tertiary/aromatic N) is 3. The number of carbonyl (C=O) groups excluding carboxylic acids is 1. The smallest absolute Gasteiger partial charge is 0.318 e. The molecule has 0 aliphatic carbocycles. The van der Waals surface area contributed by atoms with Crippen LogP contribution in [0.1, 0.15) is 37.6 Å². The first-order valence-corrected chi connectivity index (χ1v) is 9.34. The van der Waals surface area contributed by atoms with Crippen molar-refractivity contribution in [3.05, 3.63) is 35.2 Å². The molecule has 0 radical (unpaired) electrons. The molecule has 2 saturated heterocycles. The van der Waals surface area contributed by atoms with E-state index in [9.17, 15) is 4.79 Å². The first-order chi connectivity index (χ1) is 12.7. The molecule has 2 aliphatic heterocycles. The Morgan fingerprint density at radius 1 is 1.35 bits per heavy atom. The average molecular weight is 377 g/mol. The highest BCUT2D eigenvalue weighted by Crippen LogP contribution is 2.32. The van der Waals surface area contributed by atoms with Gasteiger partial charge < -0.3 is 19.5 Å². The molecule has 0 spiro atoms. The van der Waals surface area contributed by atoms with Gasteiger partial charge >= 0.3 is 6.03 Å². The quantitative estimate of drug-likeness (QED) is 0.884. The highest BCUT2D eigenvalue weighted by molar-refractivity contribution is 6.30. The Morgan fingerprint density at radius 2 is 2.27 bits per heavy atom. The van der Waals surface area contributed by atoms with Crippen LogP contribution in [0, 0.1) is 0 Å². The molecule has 138 valence electrons. The van der Waals surface area contributed by atoms with E-state index >= 15 is 0 Å². The second kappa shape index (κ2) is 7.63. The Morgan fingerprint density at radius 3 is 3.08 bits per heavy atom. The molecule has 2 atom stereocenters. The van der Waals surface area contributed by atoms with Crippen molar-refractivity contribution < 1.29 is 14.1 Å². The van der Waals surface area contributed by atoms with Crippen LogP contribution in [0.4, 0.5) is 4.79 Å². The van der Waals surface area contributed by atoms with Gasteiger partial charge in [0, 0.05) is 30.3 Å². The van der Waals surface area contributed by atoms with E-state index in [4.69, 9.17) is 20.9 Å². The van der Waals surface area contributed by atoms with Crippen LogP contribution in [-0.2, 0) is 4.74 Å². The van der Waals surface area contributed by atoms with E-state index in [0.717, 1.165) is 37.9 Å². The molecule has 1 aromatic carbocycles. The summed E-state index contributed by atoms with van der Waals surface area (Å²) in [6.45, 7) is 2.00. The minimum Gasteiger partial charge on any atom is -0.376 e. The van der Waals surface area contributed by atoms with Crippen LogP contribution in [-0.4, -0.2) is 46.9 Å². The number of amides is 2. The van der Waals surface area contributed by atoms with Gasteiger partial charge in [0.25, 0.3) is 0 Å². The zero-order valence-corrected chi connectivity index (χ0v) is 15.1. The fraction of sp³-hybridized carbons (Fsp3) is 0.500. The van der Waals surface area contributed by atoms with Crippen molar-refractivity contribution in [1.29, 1.82) is 0 Å². The van der Waals surface area contributed by atoms with Gasteiger partial charge in [0.15, 0.2) is 0 Å². The van der Waals surface area contributed by atoms with Crippen molar-refractivity contribution in [2.45, 2.75) is 37.8 Å². The maximum atomic E-state index is 12.6. The van der Waals surface area contributed by atoms with Crippen LogP contribution < -0.4 is 5.32 Å². The summed E-state index contributed by atoms with van der Waals surface area (Å²) >= 11 is 6.02. The second-order valence-corrected chi connectivity index (χ2v) is 7.08. The summed E-state index contributed by atoms with van der Waals surface area (Å²) in [6, 6.07) is 7.00. The third-order valence-electron chi connectivity index (χ3n) is 4.83. The average Bonchev–Trinajstić information content (AvgIpc) is 3.40. The summed E-state index contributed by atoms with van der Waals surface area (Å²) in [5, 5.41) is 7.63. The highest BCUT2D eigenvalue weighted by Gasteiger charge is 2.34. The van der Waals surface area contributed by atoms with Crippen molar-refractivity contribution in [1.82, 2.24) is 20.4 Å². The third kappa shape index (κ3) is 3.68. The summed E-state index contributed by atoms with van der Waals surface area (Å²) in [4.78, 5) is 18.8. The van der Waals surface area contributed by atoms with Gasteiger partial charge in [0.2, 0.25) is 11.7 Å². The minimum absolute atomic E-state index is 0.106. The van der Waals surface area contributed by atoms with Crippen molar-refractivity contribution in [2.24, 2.45) is 0 Å². The number of aromatic nitrogens is 2. The number of rotatable bonds is 4. The number of ether oxygens (including phenoxy) is 1. The molecule has 7 nitrogen and oxygen atoms in total. The molecular weight excluding hydrogens is 356 g/mol. The molecule has 0 bridgehead atoms. The lowest BCUT2D eigenvalue weighted by atomic mass is 10.2. The third-order valence-corrected chi connectivity index (χ3v) is 5.06. The van der Waals surface area contributed by atoms with Crippen molar-refractivity contribution >= 4 is 17.6 Å². The second-order valence-electron chi connectivity index (χ2n) is 6.64. The molecule has 2 aromatic rings. The largest absolute Gasteiger partial charge is 0.376 e. The Balaban J connectivity index is 1.43. The van der Waals surface area contributed by atoms with Crippen LogP contribution in [0.5, 0.6) is 0 Å². The molecule has 3 heterocycles. The maximum Gasteiger partial charge on any atom is 0.318 e. The van der Waals surface area contributed by atoms with E-state index in [2.05, 4.69) is 15.5 Å². The normalized spacial score (nSPS) is 22.7. The van der Waals surface area contributed by atoms with E-state index in [1.54, 1.807) is 17.0 Å². The molecule has 2 fully saturated rings. The van der Waals surface area contributed by atoms with Crippen LogP contribution in [0.3, 0.4) is 0 Å². The summed E-state index contributed by atoms with van der Waals surface area (Å²) < 4.78 is 11.0. The number of hydrogen-bond acceptors (Lipinski definition) is 5. The number of benzene rings is 1. The molecule has 2 unspecified atom stereocenters. The lowest BCUT2D eigenvalue weighted by Crippen LogP contribution is -2.42. The van der Waals surface area contributed by atoms with Gasteiger partial charge in [-0.05, 0) is 37.8 Å². The first-order valence-electron chi connectivity index (χ1n) is 8.96. The molecule has 2 aliphatic rings. The van der Waals surface area contributed by atoms with Gasteiger partial charge in [-0.3, -0.25) is 0 Å². The molecule has 26 heavy (non-hydrogen) atoms. The molecule has 0 saturated carbocycles. The summed E-state index contributed by atoms with van der Waals surface area (Å²) in [6.07, 6.45) is 3.90. The van der Waals surface area contributed by atoms with Crippen LogP contribution in [0.15, 0.2) is 28.8 Å². The molecule has 1 N–H and O–H groups in total. The van der Waals surface area contributed by atoms with E-state index < -0.39 is 0 Å². The fourth-order valence-corrected chi connectivity index (χ4v) is 3.68. The Hall–Kier alpha value is -2.12.